The summed E-state index contributed by atoms with van der Waals surface area (Å²) in [4.78, 5) is 2.63. The third-order valence-electron chi connectivity index (χ3n) is 3.96. The van der Waals surface area contributed by atoms with Gasteiger partial charge in [-0.25, -0.2) is 0 Å². The predicted molar refractivity (Wildman–Crippen MR) is 67.4 cm³/mol. The molecule has 0 aromatic heterocycles. The summed E-state index contributed by atoms with van der Waals surface area (Å²) in [5, 5.41) is 10.3. The van der Waals surface area contributed by atoms with Crippen LogP contribution in [-0.2, 0) is 0 Å². The normalized spacial score (nSPS) is 32.1. The molecule has 2 fully saturated rings. The first-order chi connectivity index (χ1) is 7.68. The van der Waals surface area contributed by atoms with E-state index in [9.17, 15) is 5.11 Å². The quantitative estimate of drug-likeness (QED) is 0.744. The van der Waals surface area contributed by atoms with Crippen molar-refractivity contribution in [1.82, 2.24) is 4.90 Å². The topological polar surface area (TPSA) is 23.5 Å². The molecule has 0 radical (unpaired) electrons. The van der Waals surface area contributed by atoms with E-state index >= 15 is 0 Å². The van der Waals surface area contributed by atoms with E-state index in [2.05, 4.69) is 18.7 Å². The Labute approximate surface area is 100 Å². The first-order valence-electron chi connectivity index (χ1n) is 7.12. The summed E-state index contributed by atoms with van der Waals surface area (Å²) in [6, 6.07) is 1.25. The summed E-state index contributed by atoms with van der Waals surface area (Å²) in [6.07, 6.45) is 8.72. The van der Waals surface area contributed by atoms with Crippen LogP contribution in [0.15, 0.2) is 0 Å². The minimum absolute atomic E-state index is 0.0677. The smallest absolute Gasteiger partial charge is 0.0695 e. The van der Waals surface area contributed by atoms with Gasteiger partial charge >= 0.3 is 0 Å². The van der Waals surface area contributed by atoms with Gasteiger partial charge in [-0.2, -0.15) is 0 Å². The van der Waals surface area contributed by atoms with Crippen molar-refractivity contribution in [3.05, 3.63) is 0 Å². The molecule has 0 aromatic rings. The van der Waals surface area contributed by atoms with Crippen LogP contribution in [0.25, 0.3) is 0 Å². The molecular weight excluding hydrogens is 198 g/mol. The summed E-state index contributed by atoms with van der Waals surface area (Å²) in [5.74, 6) is 0.719. The van der Waals surface area contributed by atoms with Crippen molar-refractivity contribution in [3.8, 4) is 0 Å². The molecule has 0 spiro atoms. The molecule has 2 aliphatic rings. The van der Waals surface area contributed by atoms with Crippen LogP contribution < -0.4 is 0 Å². The van der Waals surface area contributed by atoms with Crippen LogP contribution >= 0.6 is 0 Å². The SMILES string of the molecule is CC(C)CN(C1CC1)C1CCCCCC1O. The predicted octanol–water partition coefficient (Wildman–Crippen LogP) is 2.80. The molecule has 2 atom stereocenters. The van der Waals surface area contributed by atoms with Gasteiger partial charge < -0.3 is 5.11 Å². The molecule has 0 aromatic carbocycles. The summed E-state index contributed by atoms with van der Waals surface area (Å²) in [7, 11) is 0. The van der Waals surface area contributed by atoms with Gasteiger partial charge in [-0.15, -0.1) is 0 Å². The highest BCUT2D eigenvalue weighted by Crippen LogP contribution is 2.33. The van der Waals surface area contributed by atoms with E-state index < -0.39 is 0 Å². The molecule has 0 aliphatic heterocycles. The van der Waals surface area contributed by atoms with Crippen LogP contribution in [0.2, 0.25) is 0 Å². The minimum atomic E-state index is -0.0677. The van der Waals surface area contributed by atoms with E-state index in [1.54, 1.807) is 0 Å². The van der Waals surface area contributed by atoms with Gasteiger partial charge in [0.15, 0.2) is 0 Å². The molecule has 1 N–H and O–H groups in total. The van der Waals surface area contributed by atoms with Crippen LogP contribution in [0.5, 0.6) is 0 Å². The highest BCUT2D eigenvalue weighted by atomic mass is 16.3. The molecule has 94 valence electrons. The molecule has 2 rings (SSSR count). The standard InChI is InChI=1S/C14H27NO/c1-11(2)10-15(12-8-9-12)13-6-4-3-5-7-14(13)16/h11-14,16H,3-10H2,1-2H3. The van der Waals surface area contributed by atoms with Crippen molar-refractivity contribution >= 4 is 0 Å². The van der Waals surface area contributed by atoms with Gasteiger partial charge in [-0.1, -0.05) is 33.1 Å². The van der Waals surface area contributed by atoms with Crippen molar-refractivity contribution < 1.29 is 5.11 Å². The maximum absolute atomic E-state index is 10.3. The number of aliphatic hydroxyl groups is 1. The van der Waals surface area contributed by atoms with Crippen molar-refractivity contribution in [3.63, 3.8) is 0 Å². The zero-order valence-electron chi connectivity index (χ0n) is 10.9. The lowest BCUT2D eigenvalue weighted by Gasteiger charge is -2.35. The summed E-state index contributed by atoms with van der Waals surface area (Å²) >= 11 is 0. The minimum Gasteiger partial charge on any atom is -0.391 e. The van der Waals surface area contributed by atoms with E-state index in [1.807, 2.05) is 0 Å². The average molecular weight is 225 g/mol. The van der Waals surface area contributed by atoms with E-state index in [0.717, 1.165) is 18.4 Å². The van der Waals surface area contributed by atoms with E-state index in [1.165, 1.54) is 45.1 Å². The Morgan fingerprint density at radius 1 is 1.06 bits per heavy atom. The molecule has 16 heavy (non-hydrogen) atoms. The van der Waals surface area contributed by atoms with Crippen molar-refractivity contribution in [2.45, 2.75) is 77.0 Å². The second-order valence-electron chi connectivity index (χ2n) is 6.09. The fourth-order valence-corrected chi connectivity index (χ4v) is 3.04. The van der Waals surface area contributed by atoms with Crippen LogP contribution in [0.1, 0.15) is 58.8 Å². The first-order valence-corrected chi connectivity index (χ1v) is 7.12. The number of aliphatic hydroxyl groups excluding tert-OH is 1. The zero-order valence-corrected chi connectivity index (χ0v) is 10.9. The average Bonchev–Trinajstić information content (AvgIpc) is 3.01. The molecule has 2 unspecified atom stereocenters. The summed E-state index contributed by atoms with van der Waals surface area (Å²) in [6.45, 7) is 5.75. The van der Waals surface area contributed by atoms with Gasteiger partial charge in [0.05, 0.1) is 6.10 Å². The van der Waals surface area contributed by atoms with Crippen molar-refractivity contribution in [2.24, 2.45) is 5.92 Å². The largest absolute Gasteiger partial charge is 0.391 e. The Kier molecular flexibility index (Phi) is 4.26. The maximum Gasteiger partial charge on any atom is 0.0695 e. The lowest BCUT2D eigenvalue weighted by Crippen LogP contribution is -2.46. The highest BCUT2D eigenvalue weighted by Gasteiger charge is 2.37. The molecular formula is C14H27NO. The molecule has 2 saturated carbocycles. The summed E-state index contributed by atoms with van der Waals surface area (Å²) < 4.78 is 0. The Hall–Kier alpha value is -0.0800. The van der Waals surface area contributed by atoms with Gasteiger partial charge in [0.2, 0.25) is 0 Å². The third-order valence-corrected chi connectivity index (χ3v) is 3.96. The molecule has 2 nitrogen and oxygen atoms in total. The molecule has 0 saturated heterocycles. The molecule has 2 aliphatic carbocycles. The van der Waals surface area contributed by atoms with E-state index in [4.69, 9.17) is 0 Å². The monoisotopic (exact) mass is 225 g/mol. The van der Waals surface area contributed by atoms with Crippen LogP contribution in [0.4, 0.5) is 0 Å². The lowest BCUT2D eigenvalue weighted by molar-refractivity contribution is 0.0330. The molecule has 0 heterocycles. The number of hydrogen-bond acceptors (Lipinski definition) is 2. The Morgan fingerprint density at radius 3 is 2.38 bits per heavy atom. The van der Waals surface area contributed by atoms with Crippen molar-refractivity contribution in [2.75, 3.05) is 6.54 Å². The van der Waals surface area contributed by atoms with Crippen molar-refractivity contribution in [1.29, 1.82) is 0 Å². The van der Waals surface area contributed by atoms with Gasteiger partial charge in [-0.05, 0) is 31.6 Å². The number of rotatable bonds is 4. The molecule has 0 bridgehead atoms. The van der Waals surface area contributed by atoms with Gasteiger partial charge in [0.25, 0.3) is 0 Å². The van der Waals surface area contributed by atoms with Crippen LogP contribution in [0.3, 0.4) is 0 Å². The second-order valence-corrected chi connectivity index (χ2v) is 6.09. The van der Waals surface area contributed by atoms with Gasteiger partial charge in [0, 0.05) is 18.6 Å². The molecule has 2 heteroatoms. The first kappa shape index (κ1) is 12.4. The highest BCUT2D eigenvalue weighted by molar-refractivity contribution is 4.92. The number of nitrogens with zero attached hydrogens (tertiary/aromatic N) is 1. The fraction of sp³-hybridized carbons (Fsp3) is 1.00. The lowest BCUT2D eigenvalue weighted by atomic mass is 10.0. The van der Waals surface area contributed by atoms with Gasteiger partial charge in [-0.3, -0.25) is 4.90 Å². The fourth-order valence-electron chi connectivity index (χ4n) is 3.04. The zero-order chi connectivity index (χ0) is 11.5. The van der Waals surface area contributed by atoms with E-state index in [-0.39, 0.29) is 6.10 Å². The molecule has 0 amide bonds. The third kappa shape index (κ3) is 3.21. The van der Waals surface area contributed by atoms with Gasteiger partial charge in [0.1, 0.15) is 0 Å². The Morgan fingerprint density at radius 2 is 1.75 bits per heavy atom. The maximum atomic E-state index is 10.3. The summed E-state index contributed by atoms with van der Waals surface area (Å²) in [5.41, 5.74) is 0. The Balaban J connectivity index is 1.98. The van der Waals surface area contributed by atoms with Crippen LogP contribution in [0, 0.1) is 5.92 Å². The van der Waals surface area contributed by atoms with Crippen LogP contribution in [-0.4, -0.2) is 34.7 Å². The second kappa shape index (κ2) is 5.50. The number of hydrogen-bond donors (Lipinski definition) is 1. The van der Waals surface area contributed by atoms with E-state index in [0.29, 0.717) is 6.04 Å². The Bertz CT molecular complexity index is 213.